The minimum atomic E-state index is 1.01. The summed E-state index contributed by atoms with van der Waals surface area (Å²) in [4.78, 5) is 2.23. The van der Waals surface area contributed by atoms with Crippen LogP contribution in [0.3, 0.4) is 0 Å². The van der Waals surface area contributed by atoms with Gasteiger partial charge in [0.1, 0.15) is 0 Å². The van der Waals surface area contributed by atoms with Gasteiger partial charge >= 0.3 is 0 Å². The summed E-state index contributed by atoms with van der Waals surface area (Å²) in [6.45, 7) is 3.52. The van der Waals surface area contributed by atoms with Crippen LogP contribution in [0.4, 0.5) is 0 Å². The molecule has 0 radical (unpaired) electrons. The zero-order chi connectivity index (χ0) is 10.9. The lowest BCUT2D eigenvalue weighted by Gasteiger charge is -2.15. The predicted octanol–water partition coefficient (Wildman–Crippen LogP) is 2.50. The van der Waals surface area contributed by atoms with E-state index >= 15 is 0 Å². The van der Waals surface area contributed by atoms with Crippen LogP contribution in [0.25, 0.3) is 0 Å². The van der Waals surface area contributed by atoms with Crippen molar-refractivity contribution in [3.63, 3.8) is 0 Å². The van der Waals surface area contributed by atoms with Crippen molar-refractivity contribution in [1.82, 2.24) is 10.2 Å². The molecule has 1 rings (SSSR count). The third kappa shape index (κ3) is 6.91. The molecule has 0 unspecified atom stereocenters. The van der Waals surface area contributed by atoms with E-state index in [1.807, 2.05) is 0 Å². The van der Waals surface area contributed by atoms with E-state index in [0.29, 0.717) is 0 Å². The van der Waals surface area contributed by atoms with Crippen LogP contribution < -0.4 is 5.32 Å². The second-order valence-electron chi connectivity index (χ2n) is 5.20. The Hall–Kier alpha value is -0.0800. The summed E-state index contributed by atoms with van der Waals surface area (Å²) in [5.41, 5.74) is 0. The van der Waals surface area contributed by atoms with Gasteiger partial charge in [-0.3, -0.25) is 0 Å². The molecule has 1 N–H and O–H groups in total. The minimum absolute atomic E-state index is 1.01. The van der Waals surface area contributed by atoms with Crippen molar-refractivity contribution >= 4 is 0 Å². The molecule has 1 aliphatic carbocycles. The molecule has 2 nitrogen and oxygen atoms in total. The lowest BCUT2D eigenvalue weighted by atomic mass is 9.97. The van der Waals surface area contributed by atoms with Crippen LogP contribution >= 0.6 is 0 Å². The van der Waals surface area contributed by atoms with E-state index in [4.69, 9.17) is 0 Å². The van der Waals surface area contributed by atoms with Crippen LogP contribution in [0, 0.1) is 5.92 Å². The van der Waals surface area contributed by atoms with Crippen molar-refractivity contribution in [3.05, 3.63) is 0 Å². The molecule has 0 aliphatic heterocycles. The van der Waals surface area contributed by atoms with Gasteiger partial charge in [-0.25, -0.2) is 0 Å². The number of hydrogen-bond acceptors (Lipinski definition) is 2. The molecule has 1 aliphatic rings. The van der Waals surface area contributed by atoms with Crippen molar-refractivity contribution < 1.29 is 0 Å². The molecule has 0 spiro atoms. The highest BCUT2D eigenvalue weighted by atomic mass is 15.1. The predicted molar refractivity (Wildman–Crippen MR) is 67.2 cm³/mol. The largest absolute Gasteiger partial charge is 0.315 e. The number of hydrogen-bond donors (Lipinski definition) is 1. The first-order valence-electron chi connectivity index (χ1n) is 6.64. The first-order valence-corrected chi connectivity index (χ1v) is 6.64. The molecule has 0 aromatic carbocycles. The van der Waals surface area contributed by atoms with Crippen LogP contribution in [0.15, 0.2) is 0 Å². The van der Waals surface area contributed by atoms with Crippen LogP contribution in [0.1, 0.15) is 44.9 Å². The van der Waals surface area contributed by atoms with Gasteiger partial charge in [0, 0.05) is 13.1 Å². The molecule has 1 saturated carbocycles. The molecule has 0 bridgehead atoms. The summed E-state index contributed by atoms with van der Waals surface area (Å²) >= 11 is 0. The fourth-order valence-corrected chi connectivity index (χ4v) is 2.39. The first-order chi connectivity index (χ1) is 7.29. The van der Waals surface area contributed by atoms with Crippen LogP contribution in [-0.2, 0) is 0 Å². The Bertz CT molecular complexity index is 137. The standard InChI is InChI=1S/C13H28N2/c1-15(2)12-11-14-10-9-13-7-5-3-4-6-8-13/h13-14H,3-12H2,1-2H3. The quantitative estimate of drug-likeness (QED) is 0.537. The van der Waals surface area contributed by atoms with Gasteiger partial charge in [-0.1, -0.05) is 38.5 Å². The van der Waals surface area contributed by atoms with Crippen molar-refractivity contribution in [3.8, 4) is 0 Å². The molecule has 90 valence electrons. The van der Waals surface area contributed by atoms with Gasteiger partial charge in [-0.15, -0.1) is 0 Å². The van der Waals surface area contributed by atoms with Gasteiger partial charge in [0.05, 0.1) is 0 Å². The Balaban J connectivity index is 1.94. The Labute approximate surface area is 95.4 Å². The first kappa shape index (κ1) is 13.0. The molecule has 0 atom stereocenters. The van der Waals surface area contributed by atoms with Crippen molar-refractivity contribution in [2.75, 3.05) is 33.7 Å². The van der Waals surface area contributed by atoms with Crippen molar-refractivity contribution in [2.45, 2.75) is 44.9 Å². The van der Waals surface area contributed by atoms with Gasteiger partial charge in [0.2, 0.25) is 0 Å². The van der Waals surface area contributed by atoms with E-state index < -0.39 is 0 Å². The fraction of sp³-hybridized carbons (Fsp3) is 1.00. The smallest absolute Gasteiger partial charge is 0.0101 e. The minimum Gasteiger partial charge on any atom is -0.315 e. The second kappa shape index (κ2) is 8.12. The topological polar surface area (TPSA) is 15.3 Å². The molecule has 0 saturated heterocycles. The highest BCUT2D eigenvalue weighted by Crippen LogP contribution is 2.24. The summed E-state index contributed by atoms with van der Waals surface area (Å²) in [6.07, 6.45) is 10.3. The van der Waals surface area contributed by atoms with Gasteiger partial charge in [0.25, 0.3) is 0 Å². The summed E-state index contributed by atoms with van der Waals surface area (Å²) in [6, 6.07) is 0. The van der Waals surface area contributed by atoms with E-state index in [-0.39, 0.29) is 0 Å². The summed E-state index contributed by atoms with van der Waals surface area (Å²) in [7, 11) is 4.26. The van der Waals surface area contributed by atoms with Crippen molar-refractivity contribution in [2.24, 2.45) is 5.92 Å². The second-order valence-corrected chi connectivity index (χ2v) is 5.20. The lowest BCUT2D eigenvalue weighted by Crippen LogP contribution is -2.28. The van der Waals surface area contributed by atoms with E-state index in [2.05, 4.69) is 24.3 Å². The van der Waals surface area contributed by atoms with E-state index in [1.54, 1.807) is 0 Å². The molecular formula is C13H28N2. The molecule has 0 aromatic heterocycles. The zero-order valence-electron chi connectivity index (χ0n) is 10.6. The monoisotopic (exact) mass is 212 g/mol. The maximum atomic E-state index is 3.54. The van der Waals surface area contributed by atoms with E-state index in [0.717, 1.165) is 19.0 Å². The Kier molecular flexibility index (Phi) is 7.03. The van der Waals surface area contributed by atoms with Crippen LogP contribution in [0.2, 0.25) is 0 Å². The summed E-state index contributed by atoms with van der Waals surface area (Å²) in [5, 5.41) is 3.54. The Morgan fingerprint density at radius 1 is 1.00 bits per heavy atom. The third-order valence-corrected chi connectivity index (χ3v) is 3.44. The van der Waals surface area contributed by atoms with Gasteiger partial charge in [-0.2, -0.15) is 0 Å². The average molecular weight is 212 g/mol. The highest BCUT2D eigenvalue weighted by molar-refractivity contribution is 4.66. The third-order valence-electron chi connectivity index (χ3n) is 3.44. The Morgan fingerprint density at radius 3 is 2.27 bits per heavy atom. The summed E-state index contributed by atoms with van der Waals surface area (Å²) in [5.74, 6) is 1.01. The maximum absolute atomic E-state index is 3.54. The molecular weight excluding hydrogens is 184 g/mol. The number of nitrogens with one attached hydrogen (secondary N) is 1. The SMILES string of the molecule is CN(C)CCNCCC1CCCCCC1. The molecule has 0 aromatic rings. The summed E-state index contributed by atoms with van der Waals surface area (Å²) < 4.78 is 0. The molecule has 0 amide bonds. The number of rotatable bonds is 6. The molecule has 1 fully saturated rings. The van der Waals surface area contributed by atoms with Crippen LogP contribution in [0.5, 0.6) is 0 Å². The molecule has 0 heterocycles. The maximum Gasteiger partial charge on any atom is 0.0101 e. The van der Waals surface area contributed by atoms with Crippen molar-refractivity contribution in [1.29, 1.82) is 0 Å². The van der Waals surface area contributed by atoms with E-state index in [1.165, 1.54) is 51.5 Å². The van der Waals surface area contributed by atoms with E-state index in [9.17, 15) is 0 Å². The van der Waals surface area contributed by atoms with Gasteiger partial charge in [-0.05, 0) is 33.0 Å². The fourth-order valence-electron chi connectivity index (χ4n) is 2.39. The zero-order valence-corrected chi connectivity index (χ0v) is 10.6. The lowest BCUT2D eigenvalue weighted by molar-refractivity contribution is 0.380. The number of nitrogens with zero attached hydrogens (tertiary/aromatic N) is 1. The van der Waals surface area contributed by atoms with Crippen LogP contribution in [-0.4, -0.2) is 38.6 Å². The normalized spacial score (nSPS) is 19.4. The molecule has 2 heteroatoms. The highest BCUT2D eigenvalue weighted by Gasteiger charge is 2.11. The number of likely N-dealkylation sites (N-methyl/N-ethyl adjacent to an activating group) is 1. The average Bonchev–Trinajstić information content (AvgIpc) is 2.45. The molecule has 15 heavy (non-hydrogen) atoms. The van der Waals surface area contributed by atoms with Gasteiger partial charge in [0.15, 0.2) is 0 Å². The Morgan fingerprint density at radius 2 is 1.67 bits per heavy atom. The van der Waals surface area contributed by atoms with Gasteiger partial charge < -0.3 is 10.2 Å².